The summed E-state index contributed by atoms with van der Waals surface area (Å²) in [6, 6.07) is 8.52. The number of hydrogen-bond acceptors (Lipinski definition) is 4. The number of aryl methyl sites for hydroxylation is 2. The summed E-state index contributed by atoms with van der Waals surface area (Å²) in [5.41, 5.74) is 2.58. The lowest BCUT2D eigenvalue weighted by molar-refractivity contribution is 0.200. The van der Waals surface area contributed by atoms with E-state index in [9.17, 15) is 8.42 Å². The van der Waals surface area contributed by atoms with E-state index in [1.165, 1.54) is 28.2 Å². The summed E-state index contributed by atoms with van der Waals surface area (Å²) in [6.45, 7) is 4.81. The first-order valence-corrected chi connectivity index (χ1v) is 9.69. The molecule has 7 heteroatoms. The quantitative estimate of drug-likeness (QED) is 0.893. The van der Waals surface area contributed by atoms with Gasteiger partial charge in [0.1, 0.15) is 4.90 Å². The zero-order chi connectivity index (χ0) is 17.2. The van der Waals surface area contributed by atoms with Crippen LogP contribution in [0.5, 0.6) is 0 Å². The molecule has 1 aliphatic heterocycles. The maximum atomic E-state index is 12.3. The van der Waals surface area contributed by atoms with Crippen molar-refractivity contribution >= 4 is 10.0 Å². The number of nitrogens with zero attached hydrogens (tertiary/aromatic N) is 3. The molecule has 1 fully saturated rings. The van der Waals surface area contributed by atoms with Gasteiger partial charge in [-0.25, -0.2) is 13.1 Å². The van der Waals surface area contributed by atoms with Gasteiger partial charge in [0.15, 0.2) is 0 Å². The fourth-order valence-corrected chi connectivity index (χ4v) is 4.39. The fraction of sp³-hybridized carbons (Fsp3) is 0.471. The van der Waals surface area contributed by atoms with Gasteiger partial charge in [-0.15, -0.1) is 0 Å². The summed E-state index contributed by atoms with van der Waals surface area (Å²) in [4.78, 5) is 2.61. The monoisotopic (exact) mass is 348 g/mol. The van der Waals surface area contributed by atoms with Crippen molar-refractivity contribution < 1.29 is 8.42 Å². The molecule has 6 nitrogen and oxygen atoms in total. The smallest absolute Gasteiger partial charge is 0.243 e. The minimum absolute atomic E-state index is 0.0102. The molecule has 2 heterocycles. The fourth-order valence-electron chi connectivity index (χ4n) is 3.10. The molecule has 24 heavy (non-hydrogen) atoms. The van der Waals surface area contributed by atoms with Gasteiger partial charge in [-0.05, 0) is 25.3 Å². The second-order valence-corrected chi connectivity index (χ2v) is 8.22. The van der Waals surface area contributed by atoms with E-state index in [0.29, 0.717) is 0 Å². The zero-order valence-electron chi connectivity index (χ0n) is 14.1. The lowest BCUT2D eigenvalue weighted by Gasteiger charge is -2.32. The SMILES string of the molecule is Cc1cccc(CN2CCC(NS(=O)(=O)c3cnn(C)c3)CC2)c1. The topological polar surface area (TPSA) is 67.2 Å². The van der Waals surface area contributed by atoms with Crippen molar-refractivity contribution in [2.75, 3.05) is 13.1 Å². The highest BCUT2D eigenvalue weighted by Gasteiger charge is 2.25. The van der Waals surface area contributed by atoms with Gasteiger partial charge in [-0.1, -0.05) is 29.8 Å². The van der Waals surface area contributed by atoms with Gasteiger partial charge in [-0.2, -0.15) is 5.10 Å². The Kier molecular flexibility index (Phi) is 5.03. The predicted octanol–water partition coefficient (Wildman–Crippen LogP) is 1.67. The normalized spacial score (nSPS) is 17.2. The largest absolute Gasteiger partial charge is 0.299 e. The average molecular weight is 348 g/mol. The van der Waals surface area contributed by atoms with Crippen LogP contribution in [0.3, 0.4) is 0 Å². The molecule has 0 atom stereocenters. The third kappa shape index (κ3) is 4.23. The average Bonchev–Trinajstić information content (AvgIpc) is 2.97. The number of rotatable bonds is 5. The molecule has 2 aromatic rings. The van der Waals surface area contributed by atoms with Crippen LogP contribution in [0.4, 0.5) is 0 Å². The Balaban J connectivity index is 1.53. The Bertz CT molecular complexity index is 792. The Labute approximate surface area is 143 Å². The summed E-state index contributed by atoms with van der Waals surface area (Å²) in [5.74, 6) is 0. The van der Waals surface area contributed by atoms with Crippen LogP contribution in [0.2, 0.25) is 0 Å². The molecule has 130 valence electrons. The van der Waals surface area contributed by atoms with E-state index in [2.05, 4.69) is 45.9 Å². The molecule has 0 bridgehead atoms. The zero-order valence-corrected chi connectivity index (χ0v) is 15.0. The lowest BCUT2D eigenvalue weighted by Crippen LogP contribution is -2.44. The highest BCUT2D eigenvalue weighted by molar-refractivity contribution is 7.89. The van der Waals surface area contributed by atoms with E-state index < -0.39 is 10.0 Å². The van der Waals surface area contributed by atoms with Gasteiger partial charge in [-0.3, -0.25) is 9.58 Å². The minimum atomic E-state index is -3.47. The first-order chi connectivity index (χ1) is 11.4. The van der Waals surface area contributed by atoms with Crippen molar-refractivity contribution in [2.45, 2.75) is 37.2 Å². The summed E-state index contributed by atoms with van der Waals surface area (Å²) in [5, 5.41) is 3.93. The van der Waals surface area contributed by atoms with Gasteiger partial charge >= 0.3 is 0 Å². The molecule has 0 spiro atoms. The summed E-state index contributed by atoms with van der Waals surface area (Å²) >= 11 is 0. The summed E-state index contributed by atoms with van der Waals surface area (Å²) in [6.07, 6.45) is 4.56. The van der Waals surface area contributed by atoms with Gasteiger partial charge in [0.2, 0.25) is 10.0 Å². The first kappa shape index (κ1) is 17.1. The van der Waals surface area contributed by atoms with Crippen LogP contribution in [0.25, 0.3) is 0 Å². The highest BCUT2D eigenvalue weighted by atomic mass is 32.2. The molecule has 1 aliphatic rings. The first-order valence-electron chi connectivity index (χ1n) is 8.21. The molecule has 0 unspecified atom stereocenters. The lowest BCUT2D eigenvalue weighted by atomic mass is 10.0. The number of sulfonamides is 1. The van der Waals surface area contributed by atoms with Crippen molar-refractivity contribution in [3.8, 4) is 0 Å². The molecule has 1 N–H and O–H groups in total. The van der Waals surface area contributed by atoms with Crippen LogP contribution in [-0.2, 0) is 23.6 Å². The van der Waals surface area contributed by atoms with E-state index in [1.807, 2.05) is 0 Å². The van der Waals surface area contributed by atoms with E-state index in [4.69, 9.17) is 0 Å². The standard InChI is InChI=1S/C17H24N4O2S/c1-14-4-3-5-15(10-14)12-21-8-6-16(7-9-21)19-24(22,23)17-11-18-20(2)13-17/h3-5,10-11,13,16,19H,6-9,12H2,1-2H3. The Morgan fingerprint density at radius 2 is 2.04 bits per heavy atom. The number of piperidine rings is 1. The van der Waals surface area contributed by atoms with Crippen molar-refractivity contribution in [1.82, 2.24) is 19.4 Å². The van der Waals surface area contributed by atoms with E-state index in [0.717, 1.165) is 32.5 Å². The molecular formula is C17H24N4O2S. The van der Waals surface area contributed by atoms with Gasteiger partial charge < -0.3 is 0 Å². The molecular weight excluding hydrogens is 324 g/mol. The second-order valence-electron chi connectivity index (χ2n) is 6.51. The molecule has 0 aliphatic carbocycles. The van der Waals surface area contributed by atoms with Crippen molar-refractivity contribution in [2.24, 2.45) is 7.05 Å². The molecule has 1 aromatic carbocycles. The third-order valence-electron chi connectivity index (χ3n) is 4.39. The minimum Gasteiger partial charge on any atom is -0.299 e. The van der Waals surface area contributed by atoms with Crippen LogP contribution < -0.4 is 4.72 Å². The van der Waals surface area contributed by atoms with Crippen molar-refractivity contribution in [1.29, 1.82) is 0 Å². The van der Waals surface area contributed by atoms with Crippen LogP contribution in [0.1, 0.15) is 24.0 Å². The van der Waals surface area contributed by atoms with Gasteiger partial charge in [0.05, 0.1) is 6.20 Å². The maximum Gasteiger partial charge on any atom is 0.243 e. The van der Waals surface area contributed by atoms with Gasteiger partial charge in [0.25, 0.3) is 0 Å². The molecule has 0 saturated carbocycles. The molecule has 3 rings (SSSR count). The van der Waals surface area contributed by atoms with Crippen molar-refractivity contribution in [3.05, 3.63) is 47.8 Å². The van der Waals surface area contributed by atoms with Crippen LogP contribution in [-0.4, -0.2) is 42.2 Å². The molecule has 1 aromatic heterocycles. The number of nitrogens with one attached hydrogen (secondary N) is 1. The van der Waals surface area contributed by atoms with Crippen LogP contribution in [0.15, 0.2) is 41.6 Å². The van der Waals surface area contributed by atoms with Crippen LogP contribution >= 0.6 is 0 Å². The summed E-state index contributed by atoms with van der Waals surface area (Å²) < 4.78 is 29.0. The Hall–Kier alpha value is -1.70. The predicted molar refractivity (Wildman–Crippen MR) is 93.0 cm³/mol. The van der Waals surface area contributed by atoms with Crippen LogP contribution in [0, 0.1) is 6.92 Å². The van der Waals surface area contributed by atoms with E-state index in [1.54, 1.807) is 7.05 Å². The molecule has 0 amide bonds. The Morgan fingerprint density at radius 1 is 1.29 bits per heavy atom. The number of likely N-dealkylation sites (tertiary alicyclic amines) is 1. The van der Waals surface area contributed by atoms with Gasteiger partial charge in [0, 0.05) is 38.9 Å². The maximum absolute atomic E-state index is 12.3. The third-order valence-corrected chi connectivity index (χ3v) is 5.86. The number of hydrogen-bond donors (Lipinski definition) is 1. The van der Waals surface area contributed by atoms with Crippen molar-refractivity contribution in [3.63, 3.8) is 0 Å². The van der Waals surface area contributed by atoms with E-state index in [-0.39, 0.29) is 10.9 Å². The number of aromatic nitrogens is 2. The highest BCUT2D eigenvalue weighted by Crippen LogP contribution is 2.17. The second kappa shape index (κ2) is 7.04. The Morgan fingerprint density at radius 3 is 2.67 bits per heavy atom. The summed E-state index contributed by atoms with van der Waals surface area (Å²) in [7, 11) is -1.76. The number of benzene rings is 1. The van der Waals surface area contributed by atoms with E-state index >= 15 is 0 Å². The molecule has 1 saturated heterocycles. The molecule has 0 radical (unpaired) electrons.